The molecule has 2 N–H and O–H groups in total. The summed E-state index contributed by atoms with van der Waals surface area (Å²) in [5.74, 6) is -0.414. The van der Waals surface area contributed by atoms with Crippen LogP contribution in [0.4, 0.5) is 10.1 Å². The molecule has 0 aliphatic rings. The molecule has 1 rings (SSSR count). The summed E-state index contributed by atoms with van der Waals surface area (Å²) in [6.07, 6.45) is 0. The monoisotopic (exact) mass is 179 g/mol. The number of halogens is 2. The van der Waals surface area contributed by atoms with Crippen molar-refractivity contribution >= 4 is 30.7 Å². The topological polar surface area (TPSA) is 26.0 Å². The summed E-state index contributed by atoms with van der Waals surface area (Å²) >= 11 is 3.91. The first-order chi connectivity index (χ1) is 4.20. The Morgan fingerprint density at radius 2 is 2.00 bits per heavy atom. The van der Waals surface area contributed by atoms with Gasteiger partial charge in [0.05, 0.1) is 5.69 Å². The highest BCUT2D eigenvalue weighted by Crippen LogP contribution is 2.13. The van der Waals surface area contributed by atoms with Gasteiger partial charge in [0.25, 0.3) is 0 Å². The molecular weight excluding hydrogens is 173 g/mol. The lowest BCUT2D eigenvalue weighted by Crippen LogP contribution is -1.88. The average Bonchev–Trinajstić information content (AvgIpc) is 1.80. The molecule has 0 radical (unpaired) electrons. The Balaban J connectivity index is 0.000000810. The fourth-order valence-electron chi connectivity index (χ4n) is 0.516. The van der Waals surface area contributed by atoms with E-state index in [0.717, 1.165) is 0 Å². The highest BCUT2D eigenvalue weighted by atomic mass is 35.5. The SMILES string of the molecule is Cl.Nc1ccc(S)cc1F. The summed E-state index contributed by atoms with van der Waals surface area (Å²) in [4.78, 5) is 0.585. The van der Waals surface area contributed by atoms with Crippen LogP contribution in [0, 0.1) is 5.82 Å². The summed E-state index contributed by atoms with van der Waals surface area (Å²) in [7, 11) is 0. The van der Waals surface area contributed by atoms with Crippen molar-refractivity contribution in [1.29, 1.82) is 0 Å². The third-order valence-corrected chi connectivity index (χ3v) is 1.26. The van der Waals surface area contributed by atoms with Crippen molar-refractivity contribution in [3.63, 3.8) is 0 Å². The second-order valence-corrected chi connectivity index (χ2v) is 2.22. The number of thiol groups is 1. The lowest BCUT2D eigenvalue weighted by Gasteiger charge is -1.94. The molecule has 1 aromatic rings. The number of nitrogen functional groups attached to an aromatic ring is 1. The zero-order valence-electron chi connectivity index (χ0n) is 5.04. The Kier molecular flexibility index (Phi) is 3.53. The van der Waals surface area contributed by atoms with Crippen molar-refractivity contribution in [2.75, 3.05) is 5.73 Å². The van der Waals surface area contributed by atoms with Crippen LogP contribution in [0.3, 0.4) is 0 Å². The van der Waals surface area contributed by atoms with Crippen molar-refractivity contribution < 1.29 is 4.39 Å². The van der Waals surface area contributed by atoms with E-state index in [1.54, 1.807) is 6.07 Å². The maximum absolute atomic E-state index is 12.4. The number of hydrogen-bond acceptors (Lipinski definition) is 2. The van der Waals surface area contributed by atoms with Gasteiger partial charge in [-0.2, -0.15) is 0 Å². The maximum Gasteiger partial charge on any atom is 0.147 e. The lowest BCUT2D eigenvalue weighted by atomic mass is 10.3. The Hall–Kier alpha value is -0.410. The summed E-state index contributed by atoms with van der Waals surface area (Å²) in [5, 5.41) is 0. The largest absolute Gasteiger partial charge is 0.396 e. The molecule has 0 unspecified atom stereocenters. The van der Waals surface area contributed by atoms with E-state index in [9.17, 15) is 4.39 Å². The minimum absolute atomic E-state index is 0. The van der Waals surface area contributed by atoms with E-state index in [1.807, 2.05) is 0 Å². The van der Waals surface area contributed by atoms with E-state index in [-0.39, 0.29) is 18.1 Å². The van der Waals surface area contributed by atoms with Gasteiger partial charge in [-0.3, -0.25) is 0 Å². The van der Waals surface area contributed by atoms with Crippen LogP contribution in [0.2, 0.25) is 0 Å². The molecule has 0 saturated heterocycles. The van der Waals surface area contributed by atoms with Crippen molar-refractivity contribution in [1.82, 2.24) is 0 Å². The quantitative estimate of drug-likeness (QED) is 0.463. The zero-order chi connectivity index (χ0) is 6.85. The first-order valence-corrected chi connectivity index (χ1v) is 2.89. The van der Waals surface area contributed by atoms with E-state index in [1.165, 1.54) is 12.1 Å². The van der Waals surface area contributed by atoms with Crippen LogP contribution >= 0.6 is 25.0 Å². The van der Waals surface area contributed by atoms with E-state index in [0.29, 0.717) is 4.90 Å². The van der Waals surface area contributed by atoms with Crippen molar-refractivity contribution in [3.05, 3.63) is 24.0 Å². The van der Waals surface area contributed by atoms with E-state index < -0.39 is 5.82 Å². The molecule has 56 valence electrons. The number of benzene rings is 1. The van der Waals surface area contributed by atoms with Gasteiger partial charge in [0, 0.05) is 4.90 Å². The van der Waals surface area contributed by atoms with E-state index in [4.69, 9.17) is 5.73 Å². The van der Waals surface area contributed by atoms with Gasteiger partial charge in [0.1, 0.15) is 5.82 Å². The molecule has 4 heteroatoms. The molecule has 0 aromatic heterocycles. The molecule has 1 nitrogen and oxygen atoms in total. The molecule has 0 bridgehead atoms. The number of nitrogens with two attached hydrogens (primary N) is 1. The third-order valence-electron chi connectivity index (χ3n) is 0.984. The van der Waals surface area contributed by atoms with Crippen molar-refractivity contribution in [3.8, 4) is 0 Å². The van der Waals surface area contributed by atoms with Gasteiger partial charge >= 0.3 is 0 Å². The molecule has 0 saturated carbocycles. The van der Waals surface area contributed by atoms with E-state index >= 15 is 0 Å². The molecule has 0 aliphatic heterocycles. The fraction of sp³-hybridized carbons (Fsp3) is 0. The van der Waals surface area contributed by atoms with Crippen LogP contribution in [-0.2, 0) is 0 Å². The predicted molar refractivity (Wildman–Crippen MR) is 45.3 cm³/mol. The van der Waals surface area contributed by atoms with Crippen LogP contribution in [0.1, 0.15) is 0 Å². The Labute approximate surface area is 70.2 Å². The minimum Gasteiger partial charge on any atom is -0.396 e. The molecule has 0 amide bonds. The van der Waals surface area contributed by atoms with E-state index in [2.05, 4.69) is 12.6 Å². The number of anilines is 1. The molecule has 1 aromatic carbocycles. The minimum atomic E-state index is -0.414. The second kappa shape index (κ2) is 3.68. The van der Waals surface area contributed by atoms with Crippen LogP contribution in [0.25, 0.3) is 0 Å². The van der Waals surface area contributed by atoms with Crippen LogP contribution in [-0.4, -0.2) is 0 Å². The van der Waals surface area contributed by atoms with Crippen LogP contribution < -0.4 is 5.73 Å². The van der Waals surface area contributed by atoms with Gasteiger partial charge in [0.15, 0.2) is 0 Å². The fourth-order valence-corrected chi connectivity index (χ4v) is 0.704. The number of hydrogen-bond donors (Lipinski definition) is 2. The lowest BCUT2D eigenvalue weighted by molar-refractivity contribution is 0.629. The Bertz CT molecular complexity index is 229. The van der Waals surface area contributed by atoms with Crippen molar-refractivity contribution in [2.24, 2.45) is 0 Å². The van der Waals surface area contributed by atoms with Gasteiger partial charge in [-0.1, -0.05) is 0 Å². The van der Waals surface area contributed by atoms with Crippen molar-refractivity contribution in [2.45, 2.75) is 4.90 Å². The normalized spacial score (nSPS) is 8.60. The highest BCUT2D eigenvalue weighted by molar-refractivity contribution is 7.80. The van der Waals surface area contributed by atoms with Gasteiger partial charge in [0.2, 0.25) is 0 Å². The summed E-state index contributed by atoms with van der Waals surface area (Å²) in [5.41, 5.74) is 5.34. The third kappa shape index (κ3) is 2.08. The molecule has 0 heterocycles. The standard InChI is InChI=1S/C6H6FNS.ClH/c7-5-3-4(9)1-2-6(5)8;/h1-3,9H,8H2;1H. The molecule has 10 heavy (non-hydrogen) atoms. The average molecular weight is 180 g/mol. The highest BCUT2D eigenvalue weighted by Gasteiger charge is 1.94. The Morgan fingerprint density at radius 1 is 1.40 bits per heavy atom. The molecule has 0 atom stereocenters. The summed E-state index contributed by atoms with van der Waals surface area (Å²) in [6.45, 7) is 0. The Morgan fingerprint density at radius 3 is 2.40 bits per heavy atom. The predicted octanol–water partition coefficient (Wildman–Crippen LogP) is 2.12. The molecule has 0 spiro atoms. The first-order valence-electron chi connectivity index (χ1n) is 2.44. The molecule has 0 fully saturated rings. The van der Waals surface area contributed by atoms with Gasteiger partial charge < -0.3 is 5.73 Å². The van der Waals surface area contributed by atoms with Gasteiger partial charge in [-0.25, -0.2) is 4.39 Å². The van der Waals surface area contributed by atoms with Gasteiger partial charge in [-0.15, -0.1) is 25.0 Å². The maximum atomic E-state index is 12.4. The van der Waals surface area contributed by atoms with Crippen LogP contribution in [0.5, 0.6) is 0 Å². The number of rotatable bonds is 0. The molecular formula is C6H7ClFNS. The summed E-state index contributed by atoms with van der Waals surface area (Å²) in [6, 6.07) is 4.40. The smallest absolute Gasteiger partial charge is 0.147 e. The van der Waals surface area contributed by atoms with Crippen LogP contribution in [0.15, 0.2) is 23.1 Å². The summed E-state index contributed by atoms with van der Waals surface area (Å²) < 4.78 is 12.4. The zero-order valence-corrected chi connectivity index (χ0v) is 6.75. The second-order valence-electron chi connectivity index (χ2n) is 1.71. The van der Waals surface area contributed by atoms with Gasteiger partial charge in [-0.05, 0) is 18.2 Å². The first kappa shape index (κ1) is 9.59. The molecule has 0 aliphatic carbocycles.